The first-order chi connectivity index (χ1) is 18.3. The van der Waals surface area contributed by atoms with Gasteiger partial charge in [0.1, 0.15) is 6.07 Å². The fraction of sp³-hybridized carbons (Fsp3) is 0.281. The highest BCUT2D eigenvalue weighted by atomic mass is 16.1. The van der Waals surface area contributed by atoms with E-state index in [0.717, 1.165) is 52.3 Å². The van der Waals surface area contributed by atoms with Crippen molar-refractivity contribution in [3.63, 3.8) is 0 Å². The molecule has 6 nitrogen and oxygen atoms in total. The minimum absolute atomic E-state index is 0.0474. The number of aromatic nitrogens is 4. The highest BCUT2D eigenvalue weighted by Gasteiger charge is 2.50. The van der Waals surface area contributed by atoms with Crippen molar-refractivity contribution < 1.29 is 4.79 Å². The van der Waals surface area contributed by atoms with E-state index < -0.39 is 5.41 Å². The Morgan fingerprint density at radius 1 is 1.03 bits per heavy atom. The second-order valence-corrected chi connectivity index (χ2v) is 10.8. The van der Waals surface area contributed by atoms with Crippen LogP contribution in [0.5, 0.6) is 0 Å². The van der Waals surface area contributed by atoms with Gasteiger partial charge in [-0.25, -0.2) is 4.68 Å². The normalized spacial score (nSPS) is 22.3. The summed E-state index contributed by atoms with van der Waals surface area (Å²) < 4.78 is 2.05. The summed E-state index contributed by atoms with van der Waals surface area (Å²) in [5.41, 5.74) is 9.16. The van der Waals surface area contributed by atoms with Gasteiger partial charge in [-0.2, -0.15) is 20.6 Å². The topological polar surface area (TPSA) is 84.5 Å². The number of fused-ring (bicyclic) bond motifs is 3. The van der Waals surface area contributed by atoms with Gasteiger partial charge in [0.25, 0.3) is 0 Å². The number of carbonyl (C=O) groups excluding carboxylic acids is 1. The fourth-order valence-electron chi connectivity index (χ4n) is 6.40. The van der Waals surface area contributed by atoms with Gasteiger partial charge in [0.2, 0.25) is 0 Å². The molecule has 0 N–H and O–H groups in total. The van der Waals surface area contributed by atoms with E-state index in [1.165, 1.54) is 11.1 Å². The molecule has 2 aromatic carbocycles. The molecule has 188 valence electrons. The average Bonchev–Trinajstić information content (AvgIpc) is 3.32. The lowest BCUT2D eigenvalue weighted by atomic mass is 9.57. The molecule has 2 aliphatic rings. The lowest BCUT2D eigenvalue weighted by Gasteiger charge is -2.45. The minimum atomic E-state index is -0.493. The van der Waals surface area contributed by atoms with Gasteiger partial charge in [-0.3, -0.25) is 4.79 Å². The number of allylic oxidation sites excluding steroid dienone is 2. The van der Waals surface area contributed by atoms with E-state index in [1.54, 1.807) is 6.20 Å². The van der Waals surface area contributed by atoms with Gasteiger partial charge < -0.3 is 0 Å². The van der Waals surface area contributed by atoms with Crippen molar-refractivity contribution in [3.05, 3.63) is 95.0 Å². The van der Waals surface area contributed by atoms with Gasteiger partial charge in [-0.05, 0) is 56.4 Å². The number of hydrogen-bond donors (Lipinski definition) is 0. The zero-order valence-corrected chi connectivity index (χ0v) is 22.1. The maximum Gasteiger partial charge on any atom is 0.176 e. The molecule has 0 radical (unpaired) electrons. The number of rotatable bonds is 3. The van der Waals surface area contributed by atoms with Crippen LogP contribution in [0.15, 0.2) is 72.4 Å². The Morgan fingerprint density at radius 3 is 2.42 bits per heavy atom. The van der Waals surface area contributed by atoms with Crippen LogP contribution in [-0.2, 0) is 16.6 Å². The molecule has 0 aliphatic heterocycles. The van der Waals surface area contributed by atoms with E-state index in [1.807, 2.05) is 30.7 Å². The van der Waals surface area contributed by atoms with Crippen molar-refractivity contribution in [2.24, 2.45) is 11.8 Å². The van der Waals surface area contributed by atoms with Crippen LogP contribution in [0, 0.1) is 37.0 Å². The summed E-state index contributed by atoms with van der Waals surface area (Å²) in [4.78, 5) is 13.0. The number of Topliss-reactive ketones (excluding diaryl/α,β-unsaturated/α-hetero) is 1. The molecular weight excluding hydrogens is 470 g/mol. The Morgan fingerprint density at radius 2 is 1.74 bits per heavy atom. The molecule has 0 amide bonds. The number of carbonyl (C=O) groups is 1. The standard InChI is InChI=1S/C32H29N5O/c1-19-5-7-23(8-6-19)29-27-13-14-28-21(3)30(38)25(17-33)16-32(28,4)31(27)37(36-29)26-11-9-22(10-12-26)24-15-20(2)35-34-18-24/h5-12,15-16,18,21,28H,13-14H2,1-4H3/t21-,28-,32-/m1/s1. The molecule has 0 saturated heterocycles. The number of aryl methyl sites for hydroxylation is 2. The van der Waals surface area contributed by atoms with Gasteiger partial charge in [-0.1, -0.05) is 61.9 Å². The van der Waals surface area contributed by atoms with Crippen molar-refractivity contribution in [3.8, 4) is 34.1 Å². The van der Waals surface area contributed by atoms with Gasteiger partial charge in [-0.15, -0.1) is 0 Å². The molecule has 0 saturated carbocycles. The van der Waals surface area contributed by atoms with E-state index in [9.17, 15) is 10.1 Å². The molecule has 3 atom stereocenters. The summed E-state index contributed by atoms with van der Waals surface area (Å²) in [6.07, 6.45) is 5.40. The van der Waals surface area contributed by atoms with Gasteiger partial charge >= 0.3 is 0 Å². The van der Waals surface area contributed by atoms with Crippen LogP contribution in [0.2, 0.25) is 0 Å². The summed E-state index contributed by atoms with van der Waals surface area (Å²) in [5.74, 6) is -0.163. The molecule has 6 rings (SSSR count). The first-order valence-corrected chi connectivity index (χ1v) is 13.1. The van der Waals surface area contributed by atoms with Gasteiger partial charge in [0.05, 0.1) is 34.5 Å². The Bertz CT molecular complexity index is 1640. The third-order valence-electron chi connectivity index (χ3n) is 8.36. The van der Waals surface area contributed by atoms with Gasteiger partial charge in [0.15, 0.2) is 5.78 Å². The Hall–Kier alpha value is -4.37. The molecule has 0 bridgehead atoms. The Kier molecular flexibility index (Phi) is 5.61. The van der Waals surface area contributed by atoms with Crippen LogP contribution >= 0.6 is 0 Å². The number of hydrogen-bond acceptors (Lipinski definition) is 5. The predicted octanol–water partition coefficient (Wildman–Crippen LogP) is 6.10. The second kappa shape index (κ2) is 8.88. The molecule has 2 aromatic heterocycles. The fourth-order valence-corrected chi connectivity index (χ4v) is 6.40. The third kappa shape index (κ3) is 3.69. The molecule has 0 unspecified atom stereocenters. The van der Waals surface area contributed by atoms with E-state index in [-0.39, 0.29) is 23.2 Å². The van der Waals surface area contributed by atoms with Crippen LogP contribution in [0.3, 0.4) is 0 Å². The largest absolute Gasteiger partial charge is 0.293 e. The number of nitriles is 1. The smallest absolute Gasteiger partial charge is 0.176 e. The van der Waals surface area contributed by atoms with Crippen LogP contribution in [0.1, 0.15) is 42.8 Å². The maximum atomic E-state index is 13.0. The zero-order valence-electron chi connectivity index (χ0n) is 22.1. The quantitative estimate of drug-likeness (QED) is 0.340. The zero-order chi connectivity index (χ0) is 26.6. The number of nitrogens with zero attached hydrogens (tertiary/aromatic N) is 5. The van der Waals surface area contributed by atoms with Crippen LogP contribution < -0.4 is 0 Å². The van der Waals surface area contributed by atoms with Crippen molar-refractivity contribution in [2.45, 2.75) is 46.0 Å². The van der Waals surface area contributed by atoms with E-state index >= 15 is 0 Å². The molecule has 38 heavy (non-hydrogen) atoms. The van der Waals surface area contributed by atoms with Gasteiger partial charge in [0, 0.05) is 28.0 Å². The van der Waals surface area contributed by atoms with Crippen molar-refractivity contribution >= 4 is 5.78 Å². The van der Waals surface area contributed by atoms with Crippen molar-refractivity contribution in [1.29, 1.82) is 5.26 Å². The molecular formula is C32H29N5O. The summed E-state index contributed by atoms with van der Waals surface area (Å²) in [5, 5.41) is 23.2. The molecule has 2 heterocycles. The summed E-state index contributed by atoms with van der Waals surface area (Å²) >= 11 is 0. The molecule has 4 aromatic rings. The highest BCUT2D eigenvalue weighted by molar-refractivity contribution is 6.02. The second-order valence-electron chi connectivity index (χ2n) is 10.8. The van der Waals surface area contributed by atoms with Crippen molar-refractivity contribution in [1.82, 2.24) is 20.0 Å². The van der Waals surface area contributed by atoms with Crippen LogP contribution in [0.4, 0.5) is 0 Å². The Balaban J connectivity index is 1.56. The monoisotopic (exact) mass is 499 g/mol. The van der Waals surface area contributed by atoms with E-state index in [0.29, 0.717) is 0 Å². The summed E-state index contributed by atoms with van der Waals surface area (Å²) in [6, 6.07) is 21.0. The van der Waals surface area contributed by atoms with E-state index in [4.69, 9.17) is 5.10 Å². The van der Waals surface area contributed by atoms with E-state index in [2.05, 4.69) is 78.6 Å². The van der Waals surface area contributed by atoms with Crippen LogP contribution in [-0.4, -0.2) is 25.8 Å². The maximum absolute atomic E-state index is 13.0. The van der Waals surface area contributed by atoms with Crippen molar-refractivity contribution in [2.75, 3.05) is 0 Å². The summed E-state index contributed by atoms with van der Waals surface area (Å²) in [6.45, 7) is 8.16. The lowest BCUT2D eigenvalue weighted by Crippen LogP contribution is -2.46. The third-order valence-corrected chi connectivity index (χ3v) is 8.36. The lowest BCUT2D eigenvalue weighted by molar-refractivity contribution is -0.121. The Labute approximate surface area is 222 Å². The minimum Gasteiger partial charge on any atom is -0.293 e. The first-order valence-electron chi connectivity index (χ1n) is 13.1. The SMILES string of the molecule is Cc1ccc(-c2nn(-c3ccc(-c4cnnc(C)c4)cc3)c3c2CC[C@@H]2[C@@H](C)C(=O)C(C#N)=C[C@@]32C)cc1. The number of benzene rings is 2. The molecule has 2 aliphatic carbocycles. The molecule has 0 spiro atoms. The predicted molar refractivity (Wildman–Crippen MR) is 147 cm³/mol. The molecule has 6 heteroatoms. The highest BCUT2D eigenvalue weighted by Crippen LogP contribution is 2.52. The molecule has 0 fully saturated rings. The number of ketones is 1. The first kappa shape index (κ1) is 24.0. The summed E-state index contributed by atoms with van der Waals surface area (Å²) in [7, 11) is 0. The average molecular weight is 500 g/mol. The van der Waals surface area contributed by atoms with Crippen LogP contribution in [0.25, 0.3) is 28.1 Å².